The number of ether oxygens (including phenoxy) is 2. The van der Waals surface area contributed by atoms with Crippen LogP contribution in [0.1, 0.15) is 18.6 Å². The highest BCUT2D eigenvalue weighted by Gasteiger charge is 2.39. The first-order chi connectivity index (χ1) is 7.43. The van der Waals surface area contributed by atoms with E-state index in [1.54, 1.807) is 6.26 Å². The molecule has 3 heteroatoms. The van der Waals surface area contributed by atoms with Crippen LogP contribution in [0.15, 0.2) is 22.8 Å². The normalized spacial score (nSPS) is 35.3. The molecule has 1 aromatic rings. The maximum absolute atomic E-state index is 5.65. The lowest BCUT2D eigenvalue weighted by molar-refractivity contribution is -0.151. The average molecular weight is 208 g/mol. The SMILES string of the molecule is c1coc(C[C@H]2CO[C@H]3OCCC[C@@H]23)c1. The van der Waals surface area contributed by atoms with Crippen molar-refractivity contribution in [2.45, 2.75) is 25.6 Å². The lowest BCUT2D eigenvalue weighted by atomic mass is 9.86. The lowest BCUT2D eigenvalue weighted by Crippen LogP contribution is -2.29. The maximum Gasteiger partial charge on any atom is 0.160 e. The first-order valence-corrected chi connectivity index (χ1v) is 5.69. The van der Waals surface area contributed by atoms with Gasteiger partial charge >= 0.3 is 0 Å². The van der Waals surface area contributed by atoms with E-state index in [4.69, 9.17) is 13.9 Å². The molecular formula is C12H16O3. The van der Waals surface area contributed by atoms with Crippen LogP contribution in [0.3, 0.4) is 0 Å². The van der Waals surface area contributed by atoms with Gasteiger partial charge in [-0.2, -0.15) is 0 Å². The molecule has 0 amide bonds. The molecule has 2 saturated heterocycles. The molecule has 0 N–H and O–H groups in total. The molecule has 2 aliphatic rings. The molecule has 3 heterocycles. The van der Waals surface area contributed by atoms with Crippen LogP contribution < -0.4 is 0 Å². The van der Waals surface area contributed by atoms with Crippen molar-refractivity contribution in [3.8, 4) is 0 Å². The van der Waals surface area contributed by atoms with Crippen molar-refractivity contribution < 1.29 is 13.9 Å². The van der Waals surface area contributed by atoms with E-state index in [9.17, 15) is 0 Å². The van der Waals surface area contributed by atoms with Gasteiger partial charge in [-0.05, 0) is 30.9 Å². The van der Waals surface area contributed by atoms with Crippen LogP contribution in [0.4, 0.5) is 0 Å². The lowest BCUT2D eigenvalue weighted by Gasteiger charge is -2.27. The summed E-state index contributed by atoms with van der Waals surface area (Å²) >= 11 is 0. The van der Waals surface area contributed by atoms with Gasteiger partial charge in [-0.25, -0.2) is 0 Å². The van der Waals surface area contributed by atoms with E-state index in [2.05, 4.69) is 0 Å². The molecule has 3 atom stereocenters. The molecule has 2 fully saturated rings. The summed E-state index contributed by atoms with van der Waals surface area (Å²) in [4.78, 5) is 0. The van der Waals surface area contributed by atoms with Crippen molar-refractivity contribution in [3.05, 3.63) is 24.2 Å². The van der Waals surface area contributed by atoms with Crippen molar-refractivity contribution in [1.82, 2.24) is 0 Å². The zero-order valence-electron chi connectivity index (χ0n) is 8.72. The van der Waals surface area contributed by atoms with Crippen molar-refractivity contribution in [1.29, 1.82) is 0 Å². The van der Waals surface area contributed by atoms with Crippen molar-refractivity contribution >= 4 is 0 Å². The third-order valence-electron chi connectivity index (χ3n) is 3.44. The van der Waals surface area contributed by atoms with Crippen LogP contribution in [0, 0.1) is 11.8 Å². The molecule has 2 aliphatic heterocycles. The molecule has 0 aromatic carbocycles. The second-order valence-corrected chi connectivity index (χ2v) is 4.42. The Kier molecular flexibility index (Phi) is 2.51. The summed E-state index contributed by atoms with van der Waals surface area (Å²) in [6.45, 7) is 1.67. The van der Waals surface area contributed by atoms with Crippen molar-refractivity contribution in [2.24, 2.45) is 11.8 Å². The fourth-order valence-electron chi connectivity index (χ4n) is 2.65. The molecular weight excluding hydrogens is 192 g/mol. The van der Waals surface area contributed by atoms with Crippen LogP contribution in [0.5, 0.6) is 0 Å². The quantitative estimate of drug-likeness (QED) is 0.746. The van der Waals surface area contributed by atoms with Gasteiger partial charge < -0.3 is 13.9 Å². The maximum atomic E-state index is 5.65. The largest absolute Gasteiger partial charge is 0.469 e. The van der Waals surface area contributed by atoms with Crippen LogP contribution in [0.2, 0.25) is 0 Å². The van der Waals surface area contributed by atoms with Gasteiger partial charge in [0, 0.05) is 18.9 Å². The third kappa shape index (κ3) is 1.82. The minimum Gasteiger partial charge on any atom is -0.469 e. The number of hydrogen-bond donors (Lipinski definition) is 0. The summed E-state index contributed by atoms with van der Waals surface area (Å²) in [7, 11) is 0. The molecule has 3 nitrogen and oxygen atoms in total. The molecule has 15 heavy (non-hydrogen) atoms. The zero-order chi connectivity index (χ0) is 10.1. The summed E-state index contributed by atoms with van der Waals surface area (Å²) in [5.41, 5.74) is 0. The van der Waals surface area contributed by atoms with E-state index in [1.165, 1.54) is 12.8 Å². The van der Waals surface area contributed by atoms with E-state index < -0.39 is 0 Å². The van der Waals surface area contributed by atoms with E-state index in [0.717, 1.165) is 25.4 Å². The topological polar surface area (TPSA) is 31.6 Å². The summed E-state index contributed by atoms with van der Waals surface area (Å²) in [5, 5.41) is 0. The first kappa shape index (κ1) is 9.43. The van der Waals surface area contributed by atoms with Crippen molar-refractivity contribution in [3.63, 3.8) is 0 Å². The van der Waals surface area contributed by atoms with E-state index in [0.29, 0.717) is 11.8 Å². The van der Waals surface area contributed by atoms with Gasteiger partial charge in [-0.3, -0.25) is 0 Å². The molecule has 82 valence electrons. The molecule has 3 rings (SSSR count). The first-order valence-electron chi connectivity index (χ1n) is 5.69. The highest BCUT2D eigenvalue weighted by atomic mass is 16.7. The fourth-order valence-corrected chi connectivity index (χ4v) is 2.65. The summed E-state index contributed by atoms with van der Waals surface area (Å²) in [6, 6.07) is 3.98. The van der Waals surface area contributed by atoms with Gasteiger partial charge in [0.25, 0.3) is 0 Å². The van der Waals surface area contributed by atoms with Gasteiger partial charge in [-0.1, -0.05) is 0 Å². The van der Waals surface area contributed by atoms with E-state index in [1.807, 2.05) is 12.1 Å². The second kappa shape index (κ2) is 3.99. The zero-order valence-corrected chi connectivity index (χ0v) is 8.72. The molecule has 0 bridgehead atoms. The Bertz CT molecular complexity index is 307. The highest BCUT2D eigenvalue weighted by Crippen LogP contribution is 2.36. The van der Waals surface area contributed by atoms with Gasteiger partial charge in [0.15, 0.2) is 6.29 Å². The molecule has 0 saturated carbocycles. The Morgan fingerprint density at radius 1 is 1.33 bits per heavy atom. The van der Waals surface area contributed by atoms with E-state index >= 15 is 0 Å². The van der Waals surface area contributed by atoms with Gasteiger partial charge in [-0.15, -0.1) is 0 Å². The van der Waals surface area contributed by atoms with Crippen LogP contribution >= 0.6 is 0 Å². The molecule has 0 aliphatic carbocycles. The number of furan rings is 1. The molecule has 1 aromatic heterocycles. The van der Waals surface area contributed by atoms with E-state index in [-0.39, 0.29) is 6.29 Å². The Hall–Kier alpha value is -0.800. The number of hydrogen-bond acceptors (Lipinski definition) is 3. The minimum absolute atomic E-state index is 0.0544. The summed E-state index contributed by atoms with van der Waals surface area (Å²) in [6.07, 6.45) is 5.17. The molecule has 0 spiro atoms. The Labute approximate surface area is 89.4 Å². The minimum atomic E-state index is 0.0544. The van der Waals surface area contributed by atoms with Gasteiger partial charge in [0.05, 0.1) is 12.9 Å². The Morgan fingerprint density at radius 3 is 3.20 bits per heavy atom. The highest BCUT2D eigenvalue weighted by molar-refractivity contribution is 5.01. The fraction of sp³-hybridized carbons (Fsp3) is 0.667. The number of rotatable bonds is 2. The molecule has 0 radical (unpaired) electrons. The Balaban J connectivity index is 1.67. The summed E-state index contributed by atoms with van der Waals surface area (Å²) < 4.78 is 16.6. The molecule has 0 unspecified atom stereocenters. The van der Waals surface area contributed by atoms with Crippen molar-refractivity contribution in [2.75, 3.05) is 13.2 Å². The van der Waals surface area contributed by atoms with Crippen LogP contribution in [0.25, 0.3) is 0 Å². The van der Waals surface area contributed by atoms with Crippen LogP contribution in [-0.4, -0.2) is 19.5 Å². The summed E-state index contributed by atoms with van der Waals surface area (Å²) in [5.74, 6) is 2.21. The number of fused-ring (bicyclic) bond motifs is 1. The predicted molar refractivity (Wildman–Crippen MR) is 54.3 cm³/mol. The second-order valence-electron chi connectivity index (χ2n) is 4.42. The Morgan fingerprint density at radius 2 is 2.33 bits per heavy atom. The third-order valence-corrected chi connectivity index (χ3v) is 3.44. The smallest absolute Gasteiger partial charge is 0.160 e. The predicted octanol–water partition coefficient (Wildman–Crippen LogP) is 2.22. The monoisotopic (exact) mass is 208 g/mol. The van der Waals surface area contributed by atoms with Crippen LogP contribution in [-0.2, 0) is 15.9 Å². The standard InChI is InChI=1S/C12H16O3/c1-3-10(13-5-1)7-9-8-15-12-11(9)4-2-6-14-12/h1,3,5,9,11-12H,2,4,6-8H2/t9-,11-,12+/m0/s1. The van der Waals surface area contributed by atoms with Gasteiger partial charge in [0.1, 0.15) is 5.76 Å². The van der Waals surface area contributed by atoms with Gasteiger partial charge in [0.2, 0.25) is 0 Å². The average Bonchev–Trinajstić information content (AvgIpc) is 2.89.